The summed E-state index contributed by atoms with van der Waals surface area (Å²) < 4.78 is 79.8. The molecule has 0 aromatic heterocycles. The third-order valence-corrected chi connectivity index (χ3v) is 10.6. The molecule has 6 atom stereocenters. The van der Waals surface area contributed by atoms with Gasteiger partial charge in [0.2, 0.25) is 0 Å². The van der Waals surface area contributed by atoms with Crippen LogP contribution < -0.4 is 0 Å². The normalized spacial score (nSPS) is 13.6. The number of terminal acetylenes is 3. The average Bonchev–Trinajstić information content (AvgIpc) is 1.51. The Morgan fingerprint density at radius 3 is 0.480 bits per heavy atom. The van der Waals surface area contributed by atoms with Crippen molar-refractivity contribution in [1.29, 1.82) is 0 Å². The van der Waals surface area contributed by atoms with Crippen LogP contribution in [-0.2, 0) is 71.1 Å². The lowest BCUT2D eigenvalue weighted by Gasteiger charge is -2.21. The minimum absolute atomic E-state index is 0.0674. The van der Waals surface area contributed by atoms with Crippen molar-refractivity contribution in [3.63, 3.8) is 0 Å². The van der Waals surface area contributed by atoms with Crippen LogP contribution in [-0.4, -0.2) is 256 Å². The molecule has 0 aliphatic heterocycles. The monoisotopic (exact) mass is 1480 g/mol. The molecule has 21 heteroatoms. The molecule has 0 spiro atoms. The van der Waals surface area contributed by atoms with Crippen LogP contribution in [0.1, 0.15) is 267 Å². The third kappa shape index (κ3) is 148. The molecule has 0 aliphatic carbocycles. The maximum absolute atomic E-state index is 9.10. The first-order valence-electron chi connectivity index (χ1n) is 37.1. The number of hydrogen-bond donors (Lipinski definition) is 6. The van der Waals surface area contributed by atoms with Gasteiger partial charge in [-0.2, -0.15) is 0 Å². The molecule has 102 heavy (non-hydrogen) atoms. The minimum Gasteiger partial charge on any atom is -0.391 e. The molecule has 0 saturated heterocycles. The lowest BCUT2D eigenvalue weighted by Crippen LogP contribution is -2.25. The zero-order chi connectivity index (χ0) is 81.8. The van der Waals surface area contributed by atoms with Crippen molar-refractivity contribution >= 4 is 0 Å². The van der Waals surface area contributed by atoms with Crippen LogP contribution in [0, 0.1) is 37.0 Å². The van der Waals surface area contributed by atoms with Crippen molar-refractivity contribution in [2.75, 3.05) is 139 Å². The van der Waals surface area contributed by atoms with Crippen LogP contribution in [0.4, 0.5) is 0 Å². The number of hydrogen-bond acceptors (Lipinski definition) is 21. The number of ether oxygens (including phenoxy) is 15. The highest BCUT2D eigenvalue weighted by Gasteiger charge is 2.17. The van der Waals surface area contributed by atoms with Gasteiger partial charge in [-0.3, -0.25) is 0 Å². The predicted octanol–water partition coefficient (Wildman–Crippen LogP) is 13.8. The lowest BCUT2D eigenvalue weighted by molar-refractivity contribution is -0.0493. The zero-order valence-corrected chi connectivity index (χ0v) is 72.1. The van der Waals surface area contributed by atoms with Crippen LogP contribution >= 0.6 is 0 Å². The summed E-state index contributed by atoms with van der Waals surface area (Å²) in [6, 6.07) is 0. The lowest BCUT2D eigenvalue weighted by atomic mass is 10.2. The third-order valence-electron chi connectivity index (χ3n) is 10.6. The Labute approximate surface area is 628 Å². The van der Waals surface area contributed by atoms with Crippen LogP contribution in [0.25, 0.3) is 0 Å². The van der Waals surface area contributed by atoms with E-state index in [0.29, 0.717) is 99.1 Å². The van der Waals surface area contributed by atoms with E-state index in [9.17, 15) is 0 Å². The van der Waals surface area contributed by atoms with E-state index in [1.54, 1.807) is 0 Å². The second kappa shape index (κ2) is 71.7. The first kappa shape index (κ1) is 118. The Morgan fingerprint density at radius 2 is 0.353 bits per heavy atom. The van der Waals surface area contributed by atoms with Crippen LogP contribution in [0.3, 0.4) is 0 Å². The van der Waals surface area contributed by atoms with Gasteiger partial charge in [0.25, 0.3) is 0 Å². The van der Waals surface area contributed by atoms with E-state index in [1.807, 2.05) is 208 Å². The van der Waals surface area contributed by atoms with Crippen LogP contribution in [0.15, 0.2) is 0 Å². The highest BCUT2D eigenvalue weighted by atomic mass is 16.6. The summed E-state index contributed by atoms with van der Waals surface area (Å²) in [6.45, 7) is 77.9. The Kier molecular flexibility index (Phi) is 83.1. The summed E-state index contributed by atoms with van der Waals surface area (Å²) in [5, 5.41) is 53.9. The summed E-state index contributed by atoms with van der Waals surface area (Å²) >= 11 is 0. The van der Waals surface area contributed by atoms with Gasteiger partial charge in [0.05, 0.1) is 188 Å². The topological polar surface area (TPSA) is 260 Å². The molecule has 618 valence electrons. The SMILES string of the molecule is C#CC(O)COC(C)(C)C.C#C[C@@H](O)COC(C)(C)C.C#C[C@H](O)COC(C)(C)C.CCC(O)COC(C)(C)C.CCCOCCOCCOC(C)(C)C.CCCOCCOCCOC(C)(C)C.CCCOCCOCCOC(C)(C)C.CC[C@@H](O)COC(C)(C)C.CC[C@H](O)COC(C)(C)C. The Bertz CT molecular complexity index is 1610. The number of aliphatic hydroxyl groups excluding tert-OH is 6. The molecule has 0 rings (SSSR count). The van der Waals surface area contributed by atoms with Gasteiger partial charge < -0.3 is 102 Å². The summed E-state index contributed by atoms with van der Waals surface area (Å²) in [5.41, 5.74) is -1.26. The highest BCUT2D eigenvalue weighted by Crippen LogP contribution is 2.13. The van der Waals surface area contributed by atoms with Crippen molar-refractivity contribution in [1.82, 2.24) is 0 Å². The minimum atomic E-state index is -0.778. The average molecular weight is 1480 g/mol. The van der Waals surface area contributed by atoms with Gasteiger partial charge in [0.15, 0.2) is 0 Å². The maximum Gasteiger partial charge on any atom is 0.137 e. The van der Waals surface area contributed by atoms with Gasteiger partial charge in [0, 0.05) is 19.8 Å². The van der Waals surface area contributed by atoms with Crippen molar-refractivity contribution in [2.24, 2.45) is 0 Å². The smallest absolute Gasteiger partial charge is 0.137 e. The second-order valence-corrected chi connectivity index (χ2v) is 32.3. The van der Waals surface area contributed by atoms with E-state index < -0.39 is 18.3 Å². The predicted molar refractivity (Wildman–Crippen MR) is 421 cm³/mol. The fourth-order valence-corrected chi connectivity index (χ4v) is 5.14. The number of rotatable bonds is 39. The molecule has 0 aliphatic rings. The van der Waals surface area contributed by atoms with E-state index >= 15 is 0 Å². The molecule has 6 N–H and O–H groups in total. The second-order valence-electron chi connectivity index (χ2n) is 32.3. The molecule has 21 nitrogen and oxygen atoms in total. The van der Waals surface area contributed by atoms with Gasteiger partial charge in [-0.05, 0) is 225 Å². The van der Waals surface area contributed by atoms with Gasteiger partial charge in [-0.1, -0.05) is 59.3 Å². The van der Waals surface area contributed by atoms with Crippen molar-refractivity contribution in [3.8, 4) is 37.0 Å². The highest BCUT2D eigenvalue weighted by molar-refractivity contribution is 4.94. The van der Waals surface area contributed by atoms with E-state index in [1.165, 1.54) is 0 Å². The molecule has 0 amide bonds. The van der Waals surface area contributed by atoms with E-state index in [0.717, 1.165) is 58.3 Å². The van der Waals surface area contributed by atoms with E-state index in [4.69, 9.17) is 121 Å². The van der Waals surface area contributed by atoms with Crippen molar-refractivity contribution < 1.29 is 102 Å². The Balaban J connectivity index is -0.000000137. The standard InChI is InChI=1S/3C11H24O3.3C8H18O2.3C8H14O2/c3*1-5-6-12-7-8-13-9-10-14-11(2,3)4;6*1-5-7(9)6-10-8(2,3)4/h3*5-10H2,1-4H3;3*7,9H,5-6H2,1-4H3;3*1,7,9H,6H2,2-4H3/t;;;2*7-;;2*7-;/m...10.10./s1. The van der Waals surface area contributed by atoms with Crippen LogP contribution in [0.5, 0.6) is 0 Å². The Morgan fingerprint density at radius 1 is 0.216 bits per heavy atom. The fourth-order valence-electron chi connectivity index (χ4n) is 5.14. The first-order chi connectivity index (χ1) is 46.4. The first-order valence-corrected chi connectivity index (χ1v) is 37.1. The molecular weight excluding hydrogens is 1310 g/mol. The van der Waals surface area contributed by atoms with E-state index in [-0.39, 0.29) is 88.5 Å². The summed E-state index contributed by atoms with van der Waals surface area (Å²) in [4.78, 5) is 0. The van der Waals surface area contributed by atoms with Crippen molar-refractivity contribution in [2.45, 2.75) is 354 Å². The number of aliphatic hydroxyl groups is 6. The molecule has 0 saturated carbocycles. The van der Waals surface area contributed by atoms with Gasteiger partial charge >= 0.3 is 0 Å². The van der Waals surface area contributed by atoms with E-state index in [2.05, 4.69) is 38.5 Å². The maximum atomic E-state index is 9.10. The quantitative estimate of drug-likeness (QED) is 0.0247. The largest absolute Gasteiger partial charge is 0.391 e. The molecule has 0 fully saturated rings. The molecule has 2 unspecified atom stereocenters. The molecule has 0 bridgehead atoms. The summed E-state index contributed by atoms with van der Waals surface area (Å²) in [7, 11) is 0. The molecular formula is C81H168O21. The zero-order valence-electron chi connectivity index (χ0n) is 72.1. The summed E-state index contributed by atoms with van der Waals surface area (Å²) in [5.74, 6) is 6.50. The van der Waals surface area contributed by atoms with Gasteiger partial charge in [-0.25, -0.2) is 0 Å². The Hall–Kier alpha value is -2.16. The molecule has 0 heterocycles. The van der Waals surface area contributed by atoms with Crippen LogP contribution in [0.2, 0.25) is 0 Å². The molecule has 0 radical (unpaired) electrons. The van der Waals surface area contributed by atoms with Gasteiger partial charge in [0.1, 0.15) is 18.3 Å². The molecule has 0 aromatic rings. The molecule has 0 aromatic carbocycles. The van der Waals surface area contributed by atoms with Gasteiger partial charge in [-0.15, -0.1) is 19.3 Å². The summed E-state index contributed by atoms with van der Waals surface area (Å²) in [6.07, 6.45) is 17.0. The fraction of sp³-hybridized carbons (Fsp3) is 0.926. The van der Waals surface area contributed by atoms with Crippen molar-refractivity contribution in [3.05, 3.63) is 0 Å².